The molecule has 0 N–H and O–H groups in total. The zero-order chi connectivity index (χ0) is 19.5. The number of fused-ring (bicyclic) bond motifs is 1. The van der Waals surface area contributed by atoms with Gasteiger partial charge in [0.15, 0.2) is 0 Å². The van der Waals surface area contributed by atoms with E-state index >= 15 is 0 Å². The summed E-state index contributed by atoms with van der Waals surface area (Å²) in [4.78, 5) is 10.0. The molecule has 0 amide bonds. The van der Waals surface area contributed by atoms with Crippen LogP contribution in [0.1, 0.15) is 26.7 Å². The van der Waals surface area contributed by atoms with Crippen LogP contribution in [0.4, 0.5) is 5.69 Å². The topological polar surface area (TPSA) is 19.4 Å². The second-order valence-electron chi connectivity index (χ2n) is 7.49. The number of hydrogen-bond donors (Lipinski definition) is 0. The van der Waals surface area contributed by atoms with Gasteiger partial charge in [-0.15, -0.1) is 24.8 Å². The Kier molecular flexibility index (Phi) is 9.24. The van der Waals surface area contributed by atoms with Gasteiger partial charge in [0.25, 0.3) is 0 Å². The zero-order valence-corrected chi connectivity index (χ0v) is 19.9. The molecular formula is C24H30Cl3N3. The Hall–Kier alpha value is -1.52. The maximum atomic E-state index is 6.28. The SMILES string of the molecule is CCN(CC)C1CCN(c2cc(-c3ccccc3)nc3cc(Cl)ccc23)CC1.Cl.Cl. The molecule has 162 valence electrons. The Morgan fingerprint density at radius 1 is 0.967 bits per heavy atom. The smallest absolute Gasteiger partial charge is 0.0745 e. The number of nitrogens with zero attached hydrogens (tertiary/aromatic N) is 3. The van der Waals surface area contributed by atoms with E-state index in [2.05, 4.69) is 60.0 Å². The first-order valence-corrected chi connectivity index (χ1v) is 10.7. The van der Waals surface area contributed by atoms with Crippen LogP contribution in [0.5, 0.6) is 0 Å². The standard InChI is InChI=1S/C24H28ClN3.2ClH/c1-3-27(4-2)20-12-14-28(15-13-20)24-17-22(18-8-6-5-7-9-18)26-23-16-19(25)10-11-21(23)24;;/h5-11,16-17,20H,3-4,12-15H2,1-2H3;2*1H. The van der Waals surface area contributed by atoms with Crippen LogP contribution >= 0.6 is 36.4 Å². The minimum Gasteiger partial charge on any atom is -0.371 e. The largest absolute Gasteiger partial charge is 0.371 e. The van der Waals surface area contributed by atoms with Crippen LogP contribution in [-0.2, 0) is 0 Å². The van der Waals surface area contributed by atoms with Crippen molar-refractivity contribution < 1.29 is 0 Å². The summed E-state index contributed by atoms with van der Waals surface area (Å²) in [5.74, 6) is 0. The van der Waals surface area contributed by atoms with Gasteiger partial charge in [0.1, 0.15) is 0 Å². The van der Waals surface area contributed by atoms with E-state index in [0.29, 0.717) is 6.04 Å². The lowest BCUT2D eigenvalue weighted by atomic mass is 10.0. The molecule has 2 aromatic carbocycles. The molecule has 0 saturated carbocycles. The first-order valence-electron chi connectivity index (χ1n) is 10.3. The molecule has 2 heterocycles. The van der Waals surface area contributed by atoms with Gasteiger partial charge in [0.05, 0.1) is 11.2 Å². The quantitative estimate of drug-likeness (QED) is 0.416. The molecule has 1 saturated heterocycles. The van der Waals surface area contributed by atoms with Crippen LogP contribution in [0.15, 0.2) is 54.6 Å². The number of aromatic nitrogens is 1. The number of rotatable bonds is 5. The zero-order valence-electron chi connectivity index (χ0n) is 17.6. The van der Waals surface area contributed by atoms with Crippen molar-refractivity contribution in [3.05, 3.63) is 59.6 Å². The van der Waals surface area contributed by atoms with Crippen LogP contribution in [0.25, 0.3) is 22.2 Å². The van der Waals surface area contributed by atoms with E-state index in [0.717, 1.165) is 48.0 Å². The molecule has 0 radical (unpaired) electrons. The van der Waals surface area contributed by atoms with E-state index in [9.17, 15) is 0 Å². The highest BCUT2D eigenvalue weighted by Crippen LogP contribution is 2.34. The number of benzene rings is 2. The van der Waals surface area contributed by atoms with Gasteiger partial charge >= 0.3 is 0 Å². The van der Waals surface area contributed by atoms with Crippen LogP contribution < -0.4 is 4.90 Å². The molecule has 6 heteroatoms. The fourth-order valence-corrected chi connectivity index (χ4v) is 4.58. The number of anilines is 1. The molecule has 30 heavy (non-hydrogen) atoms. The van der Waals surface area contributed by atoms with Crippen LogP contribution in [-0.4, -0.2) is 42.1 Å². The van der Waals surface area contributed by atoms with Gasteiger partial charge in [-0.25, -0.2) is 4.98 Å². The first kappa shape index (κ1) is 24.7. The summed E-state index contributed by atoms with van der Waals surface area (Å²) in [7, 11) is 0. The Balaban J connectivity index is 0.00000160. The third-order valence-electron chi connectivity index (χ3n) is 5.95. The van der Waals surface area contributed by atoms with Gasteiger partial charge in [0.2, 0.25) is 0 Å². The number of hydrogen-bond acceptors (Lipinski definition) is 3. The van der Waals surface area contributed by atoms with Gasteiger partial charge in [-0.2, -0.15) is 0 Å². The van der Waals surface area contributed by atoms with E-state index in [-0.39, 0.29) is 24.8 Å². The maximum Gasteiger partial charge on any atom is 0.0745 e. The summed E-state index contributed by atoms with van der Waals surface area (Å²) in [6, 6.07) is 19.4. The molecule has 0 bridgehead atoms. The number of halogens is 3. The van der Waals surface area contributed by atoms with Crippen molar-refractivity contribution >= 4 is 53.0 Å². The van der Waals surface area contributed by atoms with Crippen molar-refractivity contribution in [2.24, 2.45) is 0 Å². The van der Waals surface area contributed by atoms with Crippen molar-refractivity contribution in [3.63, 3.8) is 0 Å². The molecule has 3 aromatic rings. The molecule has 3 nitrogen and oxygen atoms in total. The normalized spacial score (nSPS) is 14.5. The average molecular weight is 467 g/mol. The highest BCUT2D eigenvalue weighted by molar-refractivity contribution is 6.31. The molecule has 0 aliphatic carbocycles. The van der Waals surface area contributed by atoms with Gasteiger partial charge in [-0.05, 0) is 50.2 Å². The average Bonchev–Trinajstić information content (AvgIpc) is 2.75. The minimum atomic E-state index is 0. The Morgan fingerprint density at radius 3 is 2.27 bits per heavy atom. The van der Waals surface area contributed by atoms with Gasteiger partial charge in [-0.1, -0.05) is 55.8 Å². The molecule has 4 rings (SSSR count). The van der Waals surface area contributed by atoms with Crippen molar-refractivity contribution in [2.75, 3.05) is 31.1 Å². The maximum absolute atomic E-state index is 6.28. The highest BCUT2D eigenvalue weighted by Gasteiger charge is 2.24. The van der Waals surface area contributed by atoms with E-state index in [1.54, 1.807) is 0 Å². The summed E-state index contributed by atoms with van der Waals surface area (Å²) >= 11 is 6.28. The van der Waals surface area contributed by atoms with Gasteiger partial charge in [-0.3, -0.25) is 0 Å². The lowest BCUT2D eigenvalue weighted by molar-refractivity contribution is 0.186. The molecular weight excluding hydrogens is 437 g/mol. The van der Waals surface area contributed by atoms with E-state index in [1.165, 1.54) is 23.9 Å². The van der Waals surface area contributed by atoms with Crippen molar-refractivity contribution in [1.29, 1.82) is 0 Å². The molecule has 1 fully saturated rings. The summed E-state index contributed by atoms with van der Waals surface area (Å²) in [5.41, 5.74) is 4.40. The fraction of sp³-hybridized carbons (Fsp3) is 0.375. The van der Waals surface area contributed by atoms with Crippen LogP contribution in [0, 0.1) is 0 Å². The molecule has 0 atom stereocenters. The van der Waals surface area contributed by atoms with Crippen molar-refractivity contribution in [2.45, 2.75) is 32.7 Å². The molecule has 1 aliphatic rings. The Bertz CT molecular complexity index is 937. The third-order valence-corrected chi connectivity index (χ3v) is 6.19. The van der Waals surface area contributed by atoms with Crippen molar-refractivity contribution in [3.8, 4) is 11.3 Å². The lowest BCUT2D eigenvalue weighted by Crippen LogP contribution is -2.44. The Labute approximate surface area is 197 Å². The van der Waals surface area contributed by atoms with Gasteiger partial charge < -0.3 is 9.80 Å². The van der Waals surface area contributed by atoms with Gasteiger partial charge in [0, 0.05) is 40.8 Å². The second-order valence-corrected chi connectivity index (χ2v) is 7.93. The van der Waals surface area contributed by atoms with Crippen LogP contribution in [0.2, 0.25) is 5.02 Å². The Morgan fingerprint density at radius 2 is 1.63 bits per heavy atom. The predicted octanol–water partition coefficient (Wildman–Crippen LogP) is 6.71. The first-order chi connectivity index (χ1) is 13.7. The third kappa shape index (κ3) is 5.20. The summed E-state index contributed by atoms with van der Waals surface area (Å²) in [5, 5.41) is 1.92. The lowest BCUT2D eigenvalue weighted by Gasteiger charge is -2.39. The van der Waals surface area contributed by atoms with E-state index in [4.69, 9.17) is 16.6 Å². The number of pyridine rings is 1. The second kappa shape index (κ2) is 11.2. The van der Waals surface area contributed by atoms with Crippen LogP contribution in [0.3, 0.4) is 0 Å². The number of piperidine rings is 1. The molecule has 0 spiro atoms. The van der Waals surface area contributed by atoms with E-state index in [1.807, 2.05) is 18.2 Å². The summed E-state index contributed by atoms with van der Waals surface area (Å²) in [6.45, 7) is 8.96. The summed E-state index contributed by atoms with van der Waals surface area (Å²) < 4.78 is 0. The molecule has 1 aromatic heterocycles. The van der Waals surface area contributed by atoms with Crippen molar-refractivity contribution in [1.82, 2.24) is 9.88 Å². The summed E-state index contributed by atoms with van der Waals surface area (Å²) in [6.07, 6.45) is 2.42. The monoisotopic (exact) mass is 465 g/mol. The molecule has 0 unspecified atom stereocenters. The minimum absolute atomic E-state index is 0. The van der Waals surface area contributed by atoms with E-state index < -0.39 is 0 Å². The fourth-order valence-electron chi connectivity index (χ4n) is 4.41. The predicted molar refractivity (Wildman–Crippen MR) is 135 cm³/mol. The highest BCUT2D eigenvalue weighted by atomic mass is 35.5. The molecule has 1 aliphatic heterocycles.